The largest absolute Gasteiger partial charge is 0.308 e. The molecule has 0 radical (unpaired) electrons. The van der Waals surface area contributed by atoms with Crippen molar-refractivity contribution in [2.24, 2.45) is 12.9 Å². The highest BCUT2D eigenvalue weighted by Gasteiger charge is 2.13. The van der Waals surface area contributed by atoms with Crippen molar-refractivity contribution in [2.45, 2.75) is 13.8 Å². The zero-order chi connectivity index (χ0) is 15.0. The first-order valence-corrected chi connectivity index (χ1v) is 7.30. The Labute approximate surface area is 126 Å². The molecule has 0 unspecified atom stereocenters. The molecule has 0 fully saturated rings. The lowest BCUT2D eigenvalue weighted by molar-refractivity contribution is 0.768. The molecule has 0 bridgehead atoms. The minimum absolute atomic E-state index is 0.585. The fraction of sp³-hybridized carbons (Fsp3) is 0.214. The molecule has 21 heavy (non-hydrogen) atoms. The van der Waals surface area contributed by atoms with Gasteiger partial charge in [0.15, 0.2) is 5.82 Å². The number of thiophene rings is 1. The molecule has 0 aliphatic rings. The summed E-state index contributed by atoms with van der Waals surface area (Å²) in [5.74, 6) is 6.79. The molecule has 0 amide bonds. The van der Waals surface area contributed by atoms with Gasteiger partial charge in [-0.15, -0.1) is 11.3 Å². The summed E-state index contributed by atoms with van der Waals surface area (Å²) < 4.78 is 1.74. The Bertz CT molecular complexity index is 789. The van der Waals surface area contributed by atoms with Crippen molar-refractivity contribution in [3.8, 4) is 22.6 Å². The molecule has 3 N–H and O–H groups in total. The van der Waals surface area contributed by atoms with E-state index in [1.54, 1.807) is 22.2 Å². The van der Waals surface area contributed by atoms with Gasteiger partial charge in [-0.05, 0) is 19.9 Å². The van der Waals surface area contributed by atoms with E-state index >= 15 is 0 Å². The summed E-state index contributed by atoms with van der Waals surface area (Å²) in [4.78, 5) is 11.5. The smallest absolute Gasteiger partial charge is 0.163 e. The Kier molecular flexibility index (Phi) is 3.44. The summed E-state index contributed by atoms with van der Waals surface area (Å²) in [6, 6.07) is 3.91. The lowest BCUT2D eigenvalue weighted by Crippen LogP contribution is -2.09. The highest BCUT2D eigenvalue weighted by atomic mass is 32.1. The molecule has 3 aromatic heterocycles. The van der Waals surface area contributed by atoms with E-state index in [2.05, 4.69) is 40.4 Å². The van der Waals surface area contributed by atoms with Crippen LogP contribution in [0.15, 0.2) is 24.5 Å². The molecule has 108 valence electrons. The third-order valence-corrected chi connectivity index (χ3v) is 4.12. The van der Waals surface area contributed by atoms with Gasteiger partial charge >= 0.3 is 0 Å². The maximum atomic E-state index is 5.53. The highest BCUT2D eigenvalue weighted by molar-refractivity contribution is 7.12. The molecular formula is C14H16N6S. The van der Waals surface area contributed by atoms with Crippen LogP contribution in [0.2, 0.25) is 0 Å². The number of nitrogens with one attached hydrogen (secondary N) is 1. The Balaban J connectivity index is 2.15. The van der Waals surface area contributed by atoms with Gasteiger partial charge in [0.05, 0.1) is 11.9 Å². The molecule has 0 spiro atoms. The Morgan fingerprint density at radius 3 is 2.62 bits per heavy atom. The van der Waals surface area contributed by atoms with Crippen LogP contribution >= 0.6 is 11.3 Å². The van der Waals surface area contributed by atoms with E-state index in [4.69, 9.17) is 5.84 Å². The molecule has 0 aliphatic heterocycles. The van der Waals surface area contributed by atoms with Crippen LogP contribution in [-0.2, 0) is 7.05 Å². The second-order valence-electron chi connectivity index (χ2n) is 4.84. The monoisotopic (exact) mass is 300 g/mol. The van der Waals surface area contributed by atoms with Crippen molar-refractivity contribution in [3.05, 3.63) is 34.3 Å². The predicted octanol–water partition coefficient (Wildman–Crippen LogP) is 2.51. The van der Waals surface area contributed by atoms with Crippen LogP contribution < -0.4 is 11.3 Å². The van der Waals surface area contributed by atoms with Crippen molar-refractivity contribution in [2.75, 3.05) is 5.43 Å². The van der Waals surface area contributed by atoms with Crippen molar-refractivity contribution >= 4 is 17.2 Å². The van der Waals surface area contributed by atoms with Crippen LogP contribution in [0.25, 0.3) is 22.6 Å². The lowest BCUT2D eigenvalue weighted by atomic mass is 10.2. The van der Waals surface area contributed by atoms with Crippen molar-refractivity contribution in [3.63, 3.8) is 0 Å². The van der Waals surface area contributed by atoms with E-state index in [0.29, 0.717) is 11.6 Å². The molecule has 0 atom stereocenters. The Hall–Kier alpha value is -2.25. The van der Waals surface area contributed by atoms with E-state index in [9.17, 15) is 0 Å². The second kappa shape index (κ2) is 5.27. The number of hydrogen-bond donors (Lipinski definition) is 2. The molecule has 0 aliphatic carbocycles. The number of hydrazine groups is 1. The van der Waals surface area contributed by atoms with Crippen molar-refractivity contribution in [1.82, 2.24) is 19.7 Å². The number of nitrogen functional groups attached to an aromatic ring is 1. The number of nitrogens with zero attached hydrogens (tertiary/aromatic N) is 4. The number of anilines is 1. The zero-order valence-electron chi connectivity index (χ0n) is 12.1. The summed E-state index contributed by atoms with van der Waals surface area (Å²) in [5, 5.41) is 4.18. The van der Waals surface area contributed by atoms with Crippen LogP contribution in [0.4, 0.5) is 5.82 Å². The van der Waals surface area contributed by atoms with Gasteiger partial charge in [0.2, 0.25) is 0 Å². The maximum absolute atomic E-state index is 5.53. The maximum Gasteiger partial charge on any atom is 0.163 e. The first kappa shape index (κ1) is 13.7. The minimum Gasteiger partial charge on any atom is -0.308 e. The summed E-state index contributed by atoms with van der Waals surface area (Å²) in [5.41, 5.74) is 5.38. The lowest BCUT2D eigenvalue weighted by Gasteiger charge is -2.06. The Morgan fingerprint density at radius 2 is 2.05 bits per heavy atom. The molecule has 7 heteroatoms. The van der Waals surface area contributed by atoms with E-state index in [-0.39, 0.29) is 0 Å². The highest BCUT2D eigenvalue weighted by Crippen LogP contribution is 2.30. The molecule has 0 saturated carbocycles. The van der Waals surface area contributed by atoms with Crippen LogP contribution in [-0.4, -0.2) is 19.7 Å². The molecule has 0 aromatic carbocycles. The van der Waals surface area contributed by atoms with E-state index in [1.165, 1.54) is 9.75 Å². The molecule has 6 nitrogen and oxygen atoms in total. The van der Waals surface area contributed by atoms with E-state index in [0.717, 1.165) is 16.8 Å². The molecule has 3 rings (SSSR count). The number of rotatable bonds is 3. The van der Waals surface area contributed by atoms with Crippen LogP contribution in [0.3, 0.4) is 0 Å². The first-order chi connectivity index (χ1) is 10.1. The van der Waals surface area contributed by atoms with Gasteiger partial charge in [-0.2, -0.15) is 5.10 Å². The summed E-state index contributed by atoms with van der Waals surface area (Å²) in [7, 11) is 1.88. The van der Waals surface area contributed by atoms with Gasteiger partial charge in [0.25, 0.3) is 0 Å². The second-order valence-corrected chi connectivity index (χ2v) is 6.30. The predicted molar refractivity (Wildman–Crippen MR) is 84.8 cm³/mol. The number of aromatic nitrogens is 4. The van der Waals surface area contributed by atoms with Gasteiger partial charge < -0.3 is 5.43 Å². The van der Waals surface area contributed by atoms with Crippen LogP contribution in [0.1, 0.15) is 9.75 Å². The molecule has 3 heterocycles. The van der Waals surface area contributed by atoms with Gasteiger partial charge in [-0.1, -0.05) is 0 Å². The van der Waals surface area contributed by atoms with Gasteiger partial charge in [-0.3, -0.25) is 4.68 Å². The summed E-state index contributed by atoms with van der Waals surface area (Å²) >= 11 is 1.74. The number of hydrogen-bond acceptors (Lipinski definition) is 6. The third-order valence-electron chi connectivity index (χ3n) is 3.16. The number of aryl methyl sites for hydroxylation is 3. The van der Waals surface area contributed by atoms with Gasteiger partial charge in [0.1, 0.15) is 5.82 Å². The zero-order valence-corrected chi connectivity index (χ0v) is 12.9. The van der Waals surface area contributed by atoms with Crippen molar-refractivity contribution < 1.29 is 0 Å². The van der Waals surface area contributed by atoms with E-state index in [1.807, 2.05) is 19.3 Å². The average molecular weight is 300 g/mol. The first-order valence-electron chi connectivity index (χ1n) is 6.49. The van der Waals surface area contributed by atoms with Crippen molar-refractivity contribution in [1.29, 1.82) is 0 Å². The third kappa shape index (κ3) is 2.65. The molecule has 3 aromatic rings. The summed E-state index contributed by atoms with van der Waals surface area (Å²) in [6.45, 7) is 4.15. The van der Waals surface area contributed by atoms with Gasteiger partial charge in [0, 0.05) is 40.2 Å². The molecule has 0 saturated heterocycles. The average Bonchev–Trinajstić information content (AvgIpc) is 3.04. The standard InChI is InChI=1S/C14H16N6S/c1-8-4-11(9(2)21-8)14-17-12(5-13(18-14)19-15)10-6-16-20(3)7-10/h4-7H,15H2,1-3H3,(H,17,18,19). The fourth-order valence-electron chi connectivity index (χ4n) is 2.20. The van der Waals surface area contributed by atoms with Crippen LogP contribution in [0, 0.1) is 13.8 Å². The van der Waals surface area contributed by atoms with Crippen LogP contribution in [0.5, 0.6) is 0 Å². The normalized spacial score (nSPS) is 10.9. The molecular weight excluding hydrogens is 284 g/mol. The quantitative estimate of drug-likeness (QED) is 0.574. The Morgan fingerprint density at radius 1 is 1.24 bits per heavy atom. The van der Waals surface area contributed by atoms with Gasteiger partial charge in [-0.25, -0.2) is 15.8 Å². The summed E-state index contributed by atoms with van der Waals surface area (Å²) in [6.07, 6.45) is 3.69. The fourth-order valence-corrected chi connectivity index (χ4v) is 3.12. The number of nitrogens with two attached hydrogens (primary N) is 1. The SMILES string of the molecule is Cc1cc(-c2nc(NN)cc(-c3cnn(C)c3)n2)c(C)s1. The topological polar surface area (TPSA) is 81.6 Å². The van der Waals surface area contributed by atoms with E-state index < -0.39 is 0 Å². The minimum atomic E-state index is 0.585.